The van der Waals surface area contributed by atoms with Gasteiger partial charge in [-0.2, -0.15) is 0 Å². The molecule has 0 heterocycles. The lowest BCUT2D eigenvalue weighted by Gasteiger charge is -1.86. The molecule has 3 heteroatoms. The van der Waals surface area contributed by atoms with Gasteiger partial charge in [-0.1, -0.05) is 6.92 Å². The Morgan fingerprint density at radius 2 is 2.00 bits per heavy atom. The number of aliphatic hydroxyl groups is 1. The van der Waals surface area contributed by atoms with E-state index in [1.54, 1.807) is 6.92 Å². The van der Waals surface area contributed by atoms with Crippen molar-refractivity contribution in [3.63, 3.8) is 0 Å². The summed E-state index contributed by atoms with van der Waals surface area (Å²) in [5.41, 5.74) is 0. The van der Waals surface area contributed by atoms with Crippen molar-refractivity contribution in [2.75, 3.05) is 13.2 Å². The number of rotatable bonds is 3. The van der Waals surface area contributed by atoms with E-state index in [1.807, 2.05) is 6.92 Å². The molecule has 0 aromatic heterocycles. The largest absolute Gasteiger partial charge is 0.468 e. The highest BCUT2D eigenvalue weighted by Crippen LogP contribution is 1.71. The molecule has 0 atom stereocenters. The quantitative estimate of drug-likeness (QED) is 0.453. The highest BCUT2D eigenvalue weighted by molar-refractivity contribution is 5.36. The van der Waals surface area contributed by atoms with Crippen LogP contribution in [0.1, 0.15) is 20.3 Å². The minimum atomic E-state index is 0.250. The first kappa shape index (κ1) is 11.3. The van der Waals surface area contributed by atoms with Crippen molar-refractivity contribution in [3.05, 3.63) is 0 Å². The van der Waals surface area contributed by atoms with E-state index in [-0.39, 0.29) is 6.61 Å². The Balaban J connectivity index is 0. The molecule has 0 fully saturated rings. The number of hydrogen-bond acceptors (Lipinski definition) is 3. The van der Waals surface area contributed by atoms with Crippen molar-refractivity contribution in [2.45, 2.75) is 20.3 Å². The van der Waals surface area contributed by atoms with E-state index in [4.69, 9.17) is 5.11 Å². The van der Waals surface area contributed by atoms with Gasteiger partial charge in [-0.3, -0.25) is 4.79 Å². The molecule has 9 heavy (non-hydrogen) atoms. The summed E-state index contributed by atoms with van der Waals surface area (Å²) in [6, 6.07) is 0. The molecule has 0 saturated carbocycles. The summed E-state index contributed by atoms with van der Waals surface area (Å²) in [7, 11) is 0. The summed E-state index contributed by atoms with van der Waals surface area (Å²) < 4.78 is 4.30. The molecule has 0 bridgehead atoms. The van der Waals surface area contributed by atoms with Crippen LogP contribution in [0, 0.1) is 0 Å². The summed E-state index contributed by atoms with van der Waals surface area (Å²) in [4.78, 5) is 9.34. The van der Waals surface area contributed by atoms with E-state index in [0.29, 0.717) is 13.1 Å². The number of hydrogen-bond donors (Lipinski definition) is 1. The van der Waals surface area contributed by atoms with Gasteiger partial charge in [-0.15, -0.1) is 0 Å². The minimum absolute atomic E-state index is 0.250. The molecular formula is C6H14O3. The van der Waals surface area contributed by atoms with Gasteiger partial charge in [0.25, 0.3) is 6.47 Å². The third-order valence-electron chi connectivity index (χ3n) is 0.390. The fourth-order valence-electron chi connectivity index (χ4n) is 0.166. The highest BCUT2D eigenvalue weighted by atomic mass is 16.5. The zero-order valence-corrected chi connectivity index (χ0v) is 5.96. The van der Waals surface area contributed by atoms with E-state index >= 15 is 0 Å². The van der Waals surface area contributed by atoms with Crippen LogP contribution in [0.5, 0.6) is 0 Å². The van der Waals surface area contributed by atoms with Crippen LogP contribution in [0.2, 0.25) is 0 Å². The number of ether oxygens (including phenoxy) is 1. The van der Waals surface area contributed by atoms with Crippen LogP contribution in [0.3, 0.4) is 0 Å². The molecule has 0 spiro atoms. The number of carbonyl (C=O) groups is 1. The molecule has 0 saturated heterocycles. The van der Waals surface area contributed by atoms with E-state index in [2.05, 4.69) is 4.74 Å². The first-order valence-electron chi connectivity index (χ1n) is 2.99. The van der Waals surface area contributed by atoms with Gasteiger partial charge in [0, 0.05) is 6.61 Å². The Kier molecular flexibility index (Phi) is 19.6. The van der Waals surface area contributed by atoms with Gasteiger partial charge in [0.15, 0.2) is 0 Å². The number of carbonyl (C=O) groups excluding carboxylic acids is 1. The van der Waals surface area contributed by atoms with Gasteiger partial charge in [0.1, 0.15) is 0 Å². The Hall–Kier alpha value is -0.570. The standard InChI is InChI=1S/C4H8O2.C2H6O/c1-2-3-6-4-5;1-2-3/h4H,2-3H2,1H3;3H,2H2,1H3. The van der Waals surface area contributed by atoms with Gasteiger partial charge in [-0.05, 0) is 13.3 Å². The van der Waals surface area contributed by atoms with Crippen LogP contribution in [-0.4, -0.2) is 24.8 Å². The van der Waals surface area contributed by atoms with Crippen molar-refractivity contribution in [1.82, 2.24) is 0 Å². The van der Waals surface area contributed by atoms with Gasteiger partial charge >= 0.3 is 0 Å². The van der Waals surface area contributed by atoms with E-state index in [1.165, 1.54) is 0 Å². The molecule has 0 radical (unpaired) electrons. The summed E-state index contributed by atoms with van der Waals surface area (Å²) in [5.74, 6) is 0. The molecule has 0 aliphatic carbocycles. The fourth-order valence-corrected chi connectivity index (χ4v) is 0.166. The predicted molar refractivity (Wildman–Crippen MR) is 35.1 cm³/mol. The molecule has 0 aromatic rings. The molecule has 0 rings (SSSR count). The SMILES string of the molecule is CCCOC=O.CCO. The van der Waals surface area contributed by atoms with Gasteiger partial charge in [-0.25, -0.2) is 0 Å². The van der Waals surface area contributed by atoms with E-state index in [9.17, 15) is 4.79 Å². The lowest BCUT2D eigenvalue weighted by molar-refractivity contribution is -0.128. The van der Waals surface area contributed by atoms with Crippen molar-refractivity contribution in [1.29, 1.82) is 0 Å². The van der Waals surface area contributed by atoms with Crippen LogP contribution in [0.4, 0.5) is 0 Å². The van der Waals surface area contributed by atoms with Crippen LogP contribution in [-0.2, 0) is 9.53 Å². The maximum Gasteiger partial charge on any atom is 0.293 e. The zero-order chi connectivity index (χ0) is 7.54. The molecule has 0 aliphatic rings. The molecule has 3 nitrogen and oxygen atoms in total. The Bertz CT molecular complexity index is 45.6. The topological polar surface area (TPSA) is 46.5 Å². The average molecular weight is 134 g/mol. The first-order chi connectivity index (χ1) is 4.33. The van der Waals surface area contributed by atoms with Gasteiger partial charge in [0.05, 0.1) is 6.61 Å². The van der Waals surface area contributed by atoms with Crippen molar-refractivity contribution < 1.29 is 14.6 Å². The Morgan fingerprint density at radius 3 is 2.11 bits per heavy atom. The van der Waals surface area contributed by atoms with Crippen LogP contribution in [0.15, 0.2) is 0 Å². The second kappa shape index (κ2) is 15.7. The number of aliphatic hydroxyl groups excluding tert-OH is 1. The predicted octanol–water partition coefficient (Wildman–Crippen LogP) is 0.568. The van der Waals surface area contributed by atoms with E-state index in [0.717, 1.165) is 6.42 Å². The maximum atomic E-state index is 9.34. The summed E-state index contributed by atoms with van der Waals surface area (Å²) in [6.45, 7) is 4.89. The van der Waals surface area contributed by atoms with Gasteiger partial charge < -0.3 is 9.84 Å². The van der Waals surface area contributed by atoms with Crippen molar-refractivity contribution >= 4 is 6.47 Å². The average Bonchev–Trinajstić information content (AvgIpc) is 1.86. The second-order valence-corrected chi connectivity index (χ2v) is 1.28. The Morgan fingerprint density at radius 1 is 1.56 bits per heavy atom. The third-order valence-corrected chi connectivity index (χ3v) is 0.390. The van der Waals surface area contributed by atoms with Crippen molar-refractivity contribution in [3.8, 4) is 0 Å². The normalized spacial score (nSPS) is 7.00. The maximum absolute atomic E-state index is 9.34. The smallest absolute Gasteiger partial charge is 0.293 e. The molecule has 0 aromatic carbocycles. The second-order valence-electron chi connectivity index (χ2n) is 1.28. The fraction of sp³-hybridized carbons (Fsp3) is 0.833. The lowest BCUT2D eigenvalue weighted by atomic mass is 10.5. The molecule has 0 unspecified atom stereocenters. The third kappa shape index (κ3) is 37.1. The summed E-state index contributed by atoms with van der Waals surface area (Å²) in [5, 5.41) is 7.57. The molecule has 1 N–H and O–H groups in total. The molecular weight excluding hydrogens is 120 g/mol. The first-order valence-corrected chi connectivity index (χ1v) is 2.99. The van der Waals surface area contributed by atoms with Crippen molar-refractivity contribution in [2.24, 2.45) is 0 Å². The molecule has 56 valence electrons. The Labute approximate surface area is 55.6 Å². The minimum Gasteiger partial charge on any atom is -0.468 e. The highest BCUT2D eigenvalue weighted by Gasteiger charge is 1.71. The van der Waals surface area contributed by atoms with Crippen LogP contribution in [0.25, 0.3) is 0 Å². The zero-order valence-electron chi connectivity index (χ0n) is 5.96. The summed E-state index contributed by atoms with van der Waals surface area (Å²) >= 11 is 0. The lowest BCUT2D eigenvalue weighted by Crippen LogP contribution is -1.86. The molecule has 0 aliphatic heterocycles. The van der Waals surface area contributed by atoms with Crippen LogP contribution < -0.4 is 0 Å². The monoisotopic (exact) mass is 134 g/mol. The molecule has 0 amide bonds. The van der Waals surface area contributed by atoms with Crippen LogP contribution >= 0.6 is 0 Å². The van der Waals surface area contributed by atoms with Gasteiger partial charge in [0.2, 0.25) is 0 Å². The summed E-state index contributed by atoms with van der Waals surface area (Å²) in [6.07, 6.45) is 0.902. The van der Waals surface area contributed by atoms with E-state index < -0.39 is 0 Å².